The van der Waals surface area contributed by atoms with Gasteiger partial charge >= 0.3 is 6.09 Å². The Morgan fingerprint density at radius 3 is 2.84 bits per heavy atom. The van der Waals surface area contributed by atoms with Gasteiger partial charge in [-0.25, -0.2) is 4.79 Å². The third-order valence-electron chi connectivity index (χ3n) is 3.73. The molecule has 0 bridgehead atoms. The third-order valence-corrected chi connectivity index (χ3v) is 3.73. The Morgan fingerprint density at radius 1 is 1.32 bits per heavy atom. The zero-order valence-corrected chi connectivity index (χ0v) is 13.7. The second-order valence-electron chi connectivity index (χ2n) is 5.49. The summed E-state index contributed by atoms with van der Waals surface area (Å²) in [5.41, 5.74) is 3.26. The highest BCUT2D eigenvalue weighted by atomic mass is 16.6. The number of H-pyrrole nitrogens is 1. The number of oxime groups is 1. The molecule has 0 spiro atoms. The van der Waals surface area contributed by atoms with Crippen LogP contribution in [0.2, 0.25) is 0 Å². The molecule has 0 aliphatic heterocycles. The Kier molecular flexibility index (Phi) is 4.94. The lowest BCUT2D eigenvalue weighted by Gasteiger charge is -2.11. The first-order chi connectivity index (χ1) is 12.1. The van der Waals surface area contributed by atoms with Gasteiger partial charge in [0.05, 0.1) is 24.0 Å². The van der Waals surface area contributed by atoms with Crippen LogP contribution in [0.5, 0.6) is 0 Å². The molecule has 1 amide bonds. The standard InChI is InChI=1S/C18H18N4O3/c1-22(18(23)24)9-10-25-21-17(13-5-3-2-4-6-13)15-11-14-7-8-19-12-16(14)20-15/h2-8,11-12,20H,9-10H2,1H3,(H,23,24)/b21-17+. The number of amides is 1. The minimum atomic E-state index is -1.00. The van der Waals surface area contributed by atoms with Crippen LogP contribution in [0.1, 0.15) is 11.3 Å². The SMILES string of the molecule is CN(CCO/N=C(\c1ccccc1)c1cc2ccncc2[nH]1)C(=O)O. The van der Waals surface area contributed by atoms with Crippen molar-refractivity contribution in [3.63, 3.8) is 0 Å². The van der Waals surface area contributed by atoms with Crippen LogP contribution in [-0.2, 0) is 4.84 Å². The van der Waals surface area contributed by atoms with Gasteiger partial charge in [-0.2, -0.15) is 0 Å². The van der Waals surface area contributed by atoms with Crippen molar-refractivity contribution in [2.45, 2.75) is 0 Å². The van der Waals surface area contributed by atoms with E-state index in [-0.39, 0.29) is 13.2 Å². The second-order valence-corrected chi connectivity index (χ2v) is 5.49. The molecule has 0 saturated carbocycles. The summed E-state index contributed by atoms with van der Waals surface area (Å²) < 4.78 is 0. The molecule has 0 radical (unpaired) electrons. The van der Waals surface area contributed by atoms with Crippen molar-refractivity contribution in [1.29, 1.82) is 0 Å². The van der Waals surface area contributed by atoms with Crippen LogP contribution < -0.4 is 0 Å². The molecule has 2 N–H and O–H groups in total. The van der Waals surface area contributed by atoms with Crippen molar-refractivity contribution in [1.82, 2.24) is 14.9 Å². The average molecular weight is 338 g/mol. The van der Waals surface area contributed by atoms with Gasteiger partial charge in [-0.1, -0.05) is 35.5 Å². The Labute approximate surface area is 144 Å². The topological polar surface area (TPSA) is 90.8 Å². The summed E-state index contributed by atoms with van der Waals surface area (Å²) in [5, 5.41) is 14.1. The molecular formula is C18H18N4O3. The Bertz CT molecular complexity index is 856. The summed E-state index contributed by atoms with van der Waals surface area (Å²) >= 11 is 0. The van der Waals surface area contributed by atoms with Crippen molar-refractivity contribution in [3.05, 3.63) is 66.1 Å². The van der Waals surface area contributed by atoms with E-state index in [1.54, 1.807) is 12.4 Å². The summed E-state index contributed by atoms with van der Waals surface area (Å²) in [6, 6.07) is 13.6. The Morgan fingerprint density at radius 2 is 2.12 bits per heavy atom. The van der Waals surface area contributed by atoms with E-state index >= 15 is 0 Å². The van der Waals surface area contributed by atoms with Gasteiger partial charge in [0, 0.05) is 24.2 Å². The first-order valence-electron chi connectivity index (χ1n) is 7.77. The summed E-state index contributed by atoms with van der Waals surface area (Å²) in [4.78, 5) is 24.7. The highest BCUT2D eigenvalue weighted by Crippen LogP contribution is 2.17. The Hall–Kier alpha value is -3.35. The molecule has 0 aliphatic rings. The average Bonchev–Trinajstić information content (AvgIpc) is 3.05. The highest BCUT2D eigenvalue weighted by molar-refractivity contribution is 6.13. The minimum absolute atomic E-state index is 0.168. The molecule has 1 aromatic carbocycles. The molecule has 0 fully saturated rings. The second kappa shape index (κ2) is 7.48. The summed E-state index contributed by atoms with van der Waals surface area (Å²) in [6.07, 6.45) is 2.49. The first kappa shape index (κ1) is 16.5. The molecule has 2 aromatic heterocycles. The van der Waals surface area contributed by atoms with Gasteiger partial charge in [0.25, 0.3) is 0 Å². The fraction of sp³-hybridized carbons (Fsp3) is 0.167. The number of nitrogens with one attached hydrogen (secondary N) is 1. The van der Waals surface area contributed by atoms with Crippen LogP contribution >= 0.6 is 0 Å². The van der Waals surface area contributed by atoms with Crippen LogP contribution in [0.15, 0.2) is 60.0 Å². The van der Waals surface area contributed by atoms with Crippen molar-refractivity contribution in [2.75, 3.05) is 20.2 Å². The van der Waals surface area contributed by atoms with E-state index in [0.29, 0.717) is 5.71 Å². The molecule has 128 valence electrons. The molecule has 0 saturated heterocycles. The van der Waals surface area contributed by atoms with Crippen LogP contribution in [0.4, 0.5) is 4.79 Å². The van der Waals surface area contributed by atoms with Crippen LogP contribution in [0.3, 0.4) is 0 Å². The lowest BCUT2D eigenvalue weighted by Crippen LogP contribution is -2.28. The molecule has 3 aromatic rings. The number of pyridine rings is 1. The zero-order chi connectivity index (χ0) is 17.6. The largest absolute Gasteiger partial charge is 0.465 e. The van der Waals surface area contributed by atoms with E-state index in [1.165, 1.54) is 7.05 Å². The van der Waals surface area contributed by atoms with Gasteiger partial charge in [0.2, 0.25) is 0 Å². The number of rotatable bonds is 6. The zero-order valence-electron chi connectivity index (χ0n) is 13.7. The molecule has 25 heavy (non-hydrogen) atoms. The number of carbonyl (C=O) groups is 1. The molecule has 7 heteroatoms. The maximum Gasteiger partial charge on any atom is 0.407 e. The van der Waals surface area contributed by atoms with E-state index in [9.17, 15) is 4.79 Å². The molecule has 2 heterocycles. The number of nitrogens with zero attached hydrogens (tertiary/aromatic N) is 3. The number of hydrogen-bond donors (Lipinski definition) is 2. The maximum absolute atomic E-state index is 10.8. The fourth-order valence-corrected chi connectivity index (χ4v) is 2.34. The van der Waals surface area contributed by atoms with E-state index in [1.807, 2.05) is 42.5 Å². The quantitative estimate of drug-likeness (QED) is 0.411. The number of carboxylic acid groups (broad SMARTS) is 1. The van der Waals surface area contributed by atoms with E-state index in [4.69, 9.17) is 9.94 Å². The first-order valence-corrected chi connectivity index (χ1v) is 7.77. The molecule has 7 nitrogen and oxygen atoms in total. The number of hydrogen-bond acceptors (Lipinski definition) is 4. The fourth-order valence-electron chi connectivity index (χ4n) is 2.34. The third kappa shape index (κ3) is 3.95. The lowest BCUT2D eigenvalue weighted by atomic mass is 10.1. The summed E-state index contributed by atoms with van der Waals surface area (Å²) in [6.45, 7) is 0.401. The maximum atomic E-state index is 10.8. The van der Waals surface area contributed by atoms with Crippen molar-refractivity contribution in [2.24, 2.45) is 5.16 Å². The number of aromatic nitrogens is 2. The van der Waals surface area contributed by atoms with Gasteiger partial charge in [-0.15, -0.1) is 0 Å². The van der Waals surface area contributed by atoms with Gasteiger partial charge < -0.3 is 19.8 Å². The molecule has 0 unspecified atom stereocenters. The predicted molar refractivity (Wildman–Crippen MR) is 94.8 cm³/mol. The number of benzene rings is 1. The highest BCUT2D eigenvalue weighted by Gasteiger charge is 2.12. The number of fused-ring (bicyclic) bond motifs is 1. The Balaban J connectivity index is 1.85. The normalized spacial score (nSPS) is 11.5. The minimum Gasteiger partial charge on any atom is -0.465 e. The van der Waals surface area contributed by atoms with E-state index in [2.05, 4.69) is 15.1 Å². The van der Waals surface area contributed by atoms with Crippen LogP contribution in [-0.4, -0.2) is 52.0 Å². The molecule has 0 atom stereocenters. The molecular weight excluding hydrogens is 320 g/mol. The van der Waals surface area contributed by atoms with Crippen molar-refractivity contribution >= 4 is 22.7 Å². The van der Waals surface area contributed by atoms with Gasteiger partial charge in [-0.05, 0) is 12.1 Å². The molecule has 0 aliphatic carbocycles. The number of aromatic amines is 1. The van der Waals surface area contributed by atoms with Crippen molar-refractivity contribution < 1.29 is 14.7 Å². The van der Waals surface area contributed by atoms with Gasteiger partial charge in [-0.3, -0.25) is 4.98 Å². The van der Waals surface area contributed by atoms with Crippen LogP contribution in [0, 0.1) is 0 Å². The van der Waals surface area contributed by atoms with Crippen LogP contribution in [0.25, 0.3) is 10.9 Å². The summed E-state index contributed by atoms with van der Waals surface area (Å²) in [5.74, 6) is 0. The van der Waals surface area contributed by atoms with Gasteiger partial charge in [0.1, 0.15) is 12.3 Å². The smallest absolute Gasteiger partial charge is 0.407 e. The van der Waals surface area contributed by atoms with Crippen molar-refractivity contribution in [3.8, 4) is 0 Å². The monoisotopic (exact) mass is 338 g/mol. The van der Waals surface area contributed by atoms with E-state index < -0.39 is 6.09 Å². The van der Waals surface area contributed by atoms with E-state index in [0.717, 1.165) is 27.1 Å². The molecule has 3 rings (SSSR count). The van der Waals surface area contributed by atoms with Gasteiger partial charge in [0.15, 0.2) is 0 Å². The predicted octanol–water partition coefficient (Wildman–Crippen LogP) is 2.94. The number of likely N-dealkylation sites (N-methyl/N-ethyl adjacent to an activating group) is 1. The lowest BCUT2D eigenvalue weighted by molar-refractivity contribution is 0.108. The summed E-state index contributed by atoms with van der Waals surface area (Å²) in [7, 11) is 1.48.